The van der Waals surface area contributed by atoms with Gasteiger partial charge < -0.3 is 15.5 Å². The minimum Gasteiger partial charge on any atom is -0.333 e. The lowest BCUT2D eigenvalue weighted by Crippen LogP contribution is -2.42. The molecular weight excluding hydrogens is 323 g/mol. The Morgan fingerprint density at radius 3 is 2.42 bits per heavy atom. The molecule has 0 spiro atoms. The Kier molecular flexibility index (Phi) is 7.21. The average Bonchev–Trinajstić information content (AvgIpc) is 2.51. The van der Waals surface area contributed by atoms with E-state index in [0.29, 0.717) is 13.1 Å². The lowest BCUT2D eigenvalue weighted by Gasteiger charge is -2.24. The van der Waals surface area contributed by atoms with Crippen LogP contribution in [0.4, 0.5) is 18.9 Å². The molecule has 1 rings (SSSR count). The normalized spacial score (nSPS) is 12.6. The van der Waals surface area contributed by atoms with Gasteiger partial charge in [0.2, 0.25) is 11.8 Å². The third-order valence-corrected chi connectivity index (χ3v) is 3.47. The van der Waals surface area contributed by atoms with Gasteiger partial charge in [0.05, 0.1) is 17.8 Å². The predicted molar refractivity (Wildman–Crippen MR) is 85.4 cm³/mol. The highest BCUT2D eigenvalue weighted by atomic mass is 19.4. The van der Waals surface area contributed by atoms with Crippen LogP contribution in [0.2, 0.25) is 0 Å². The average molecular weight is 345 g/mol. The van der Waals surface area contributed by atoms with Gasteiger partial charge in [0.25, 0.3) is 0 Å². The Morgan fingerprint density at radius 1 is 1.25 bits per heavy atom. The first-order chi connectivity index (χ1) is 11.2. The lowest BCUT2D eigenvalue weighted by atomic mass is 10.1. The summed E-state index contributed by atoms with van der Waals surface area (Å²) in [5.74, 6) is -1.23. The molecule has 0 radical (unpaired) electrons. The van der Waals surface area contributed by atoms with Gasteiger partial charge in [-0.3, -0.25) is 9.59 Å². The molecule has 0 aliphatic heterocycles. The number of carbonyl (C=O) groups excluding carboxylic acids is 2. The first-order valence-corrected chi connectivity index (χ1v) is 7.60. The molecule has 0 aromatic heterocycles. The smallest absolute Gasteiger partial charge is 0.333 e. The van der Waals surface area contributed by atoms with Gasteiger partial charge >= 0.3 is 6.18 Å². The number of rotatable bonds is 7. The van der Waals surface area contributed by atoms with Gasteiger partial charge in [-0.2, -0.15) is 13.2 Å². The molecule has 0 heterocycles. The van der Waals surface area contributed by atoms with E-state index >= 15 is 0 Å². The molecule has 5 nitrogen and oxygen atoms in total. The maximum absolute atomic E-state index is 12.9. The van der Waals surface area contributed by atoms with E-state index in [-0.39, 0.29) is 24.1 Å². The van der Waals surface area contributed by atoms with Crippen molar-refractivity contribution in [3.05, 3.63) is 29.8 Å². The van der Waals surface area contributed by atoms with Crippen LogP contribution in [0.3, 0.4) is 0 Å². The molecule has 8 heteroatoms. The van der Waals surface area contributed by atoms with E-state index in [9.17, 15) is 22.8 Å². The molecule has 24 heavy (non-hydrogen) atoms. The molecule has 2 amide bonds. The maximum Gasteiger partial charge on any atom is 0.418 e. The fourth-order valence-electron chi connectivity index (χ4n) is 2.25. The van der Waals surface area contributed by atoms with Crippen molar-refractivity contribution >= 4 is 17.5 Å². The van der Waals surface area contributed by atoms with Gasteiger partial charge in [-0.1, -0.05) is 19.1 Å². The van der Waals surface area contributed by atoms with Crippen LogP contribution in [0.25, 0.3) is 0 Å². The molecule has 0 saturated carbocycles. The van der Waals surface area contributed by atoms with Crippen LogP contribution >= 0.6 is 0 Å². The largest absolute Gasteiger partial charge is 0.418 e. The quantitative estimate of drug-likeness (QED) is 0.797. The number of halogens is 3. The van der Waals surface area contributed by atoms with Crippen molar-refractivity contribution in [2.75, 3.05) is 32.0 Å². The highest BCUT2D eigenvalue weighted by molar-refractivity contribution is 5.95. The van der Waals surface area contributed by atoms with E-state index in [0.717, 1.165) is 6.07 Å². The number of amides is 2. The van der Waals surface area contributed by atoms with Crippen molar-refractivity contribution in [2.24, 2.45) is 5.92 Å². The summed E-state index contributed by atoms with van der Waals surface area (Å²) in [6.45, 7) is 3.88. The Bertz CT molecular complexity index is 576. The number of alkyl halides is 3. The highest BCUT2D eigenvalue weighted by Gasteiger charge is 2.33. The number of para-hydroxylation sites is 1. The molecule has 1 aromatic carbocycles. The van der Waals surface area contributed by atoms with E-state index in [1.807, 2.05) is 0 Å². The monoisotopic (exact) mass is 345 g/mol. The van der Waals surface area contributed by atoms with Crippen molar-refractivity contribution < 1.29 is 22.8 Å². The van der Waals surface area contributed by atoms with E-state index in [1.54, 1.807) is 20.9 Å². The van der Waals surface area contributed by atoms with Gasteiger partial charge in [0.1, 0.15) is 0 Å². The molecule has 1 atom stereocenters. The van der Waals surface area contributed by atoms with Crippen LogP contribution < -0.4 is 10.6 Å². The first kappa shape index (κ1) is 20.0. The van der Waals surface area contributed by atoms with Crippen molar-refractivity contribution in [3.8, 4) is 0 Å². The third-order valence-electron chi connectivity index (χ3n) is 3.47. The summed E-state index contributed by atoms with van der Waals surface area (Å²) in [6.07, 6.45) is -4.56. The summed E-state index contributed by atoms with van der Waals surface area (Å²) >= 11 is 0. The van der Waals surface area contributed by atoms with Crippen LogP contribution in [0.1, 0.15) is 19.4 Å². The number of hydrogen-bond acceptors (Lipinski definition) is 3. The van der Waals surface area contributed by atoms with Gasteiger partial charge in [0, 0.05) is 19.0 Å². The summed E-state index contributed by atoms with van der Waals surface area (Å²) in [7, 11) is 1.71. The second kappa shape index (κ2) is 8.68. The molecule has 0 aliphatic carbocycles. The van der Waals surface area contributed by atoms with Crippen LogP contribution in [-0.4, -0.2) is 43.4 Å². The summed E-state index contributed by atoms with van der Waals surface area (Å²) in [5.41, 5.74) is -1.24. The Labute approximate surface area is 139 Å². The second-order valence-electron chi connectivity index (χ2n) is 5.40. The topological polar surface area (TPSA) is 61.4 Å². The van der Waals surface area contributed by atoms with E-state index in [4.69, 9.17) is 0 Å². The SMILES string of the molecule is CCN(CC(=O)Nc1ccccc1C(F)(F)F)C(=O)C(C)CNC. The lowest BCUT2D eigenvalue weighted by molar-refractivity contribution is -0.138. The summed E-state index contributed by atoms with van der Waals surface area (Å²) in [5, 5.41) is 5.11. The van der Waals surface area contributed by atoms with E-state index < -0.39 is 17.6 Å². The zero-order valence-electron chi connectivity index (χ0n) is 13.9. The zero-order valence-corrected chi connectivity index (χ0v) is 13.9. The number of likely N-dealkylation sites (N-methyl/N-ethyl adjacent to an activating group) is 1. The van der Waals surface area contributed by atoms with Gasteiger partial charge in [0.15, 0.2) is 0 Å². The van der Waals surface area contributed by atoms with Crippen molar-refractivity contribution in [1.29, 1.82) is 0 Å². The zero-order chi connectivity index (χ0) is 18.3. The predicted octanol–water partition coefficient (Wildman–Crippen LogP) is 2.35. The molecular formula is C16H22F3N3O2. The first-order valence-electron chi connectivity index (χ1n) is 7.60. The number of anilines is 1. The summed E-state index contributed by atoms with van der Waals surface area (Å²) in [4.78, 5) is 25.6. The van der Waals surface area contributed by atoms with Crippen LogP contribution in [0.5, 0.6) is 0 Å². The van der Waals surface area contributed by atoms with E-state index in [1.165, 1.54) is 23.1 Å². The third kappa shape index (κ3) is 5.52. The maximum atomic E-state index is 12.9. The minimum atomic E-state index is -4.56. The minimum absolute atomic E-state index is 0.230. The van der Waals surface area contributed by atoms with Gasteiger partial charge in [-0.25, -0.2) is 0 Å². The number of benzene rings is 1. The van der Waals surface area contributed by atoms with Gasteiger partial charge in [-0.05, 0) is 26.1 Å². The molecule has 134 valence electrons. The summed E-state index contributed by atoms with van der Waals surface area (Å²) in [6, 6.07) is 4.73. The fourth-order valence-corrected chi connectivity index (χ4v) is 2.25. The fraction of sp³-hybridized carbons (Fsp3) is 0.500. The number of carbonyl (C=O) groups is 2. The Balaban J connectivity index is 2.80. The van der Waals surface area contributed by atoms with Crippen LogP contribution in [-0.2, 0) is 15.8 Å². The molecule has 0 fully saturated rings. The standard InChI is InChI=1S/C16H22F3N3O2/c1-4-22(15(24)11(2)9-20-3)10-14(23)21-13-8-6-5-7-12(13)16(17,18)19/h5-8,11,20H,4,9-10H2,1-3H3,(H,21,23). The molecule has 0 bridgehead atoms. The second-order valence-corrected chi connectivity index (χ2v) is 5.40. The van der Waals surface area contributed by atoms with E-state index in [2.05, 4.69) is 10.6 Å². The van der Waals surface area contributed by atoms with Crippen LogP contribution in [0.15, 0.2) is 24.3 Å². The number of nitrogens with zero attached hydrogens (tertiary/aromatic N) is 1. The van der Waals surface area contributed by atoms with Crippen LogP contribution in [0, 0.1) is 5.92 Å². The molecule has 1 aromatic rings. The van der Waals surface area contributed by atoms with Crippen molar-refractivity contribution in [3.63, 3.8) is 0 Å². The molecule has 0 aliphatic rings. The van der Waals surface area contributed by atoms with Gasteiger partial charge in [-0.15, -0.1) is 0 Å². The highest BCUT2D eigenvalue weighted by Crippen LogP contribution is 2.34. The Morgan fingerprint density at radius 2 is 1.88 bits per heavy atom. The van der Waals surface area contributed by atoms with Crippen molar-refractivity contribution in [1.82, 2.24) is 10.2 Å². The molecule has 2 N–H and O–H groups in total. The molecule has 1 unspecified atom stereocenters. The number of hydrogen-bond donors (Lipinski definition) is 2. The number of nitrogens with one attached hydrogen (secondary N) is 2. The summed E-state index contributed by atoms with van der Waals surface area (Å²) < 4.78 is 38.8. The molecule has 0 saturated heterocycles. The van der Waals surface area contributed by atoms with Crippen molar-refractivity contribution in [2.45, 2.75) is 20.0 Å². The Hall–Kier alpha value is -2.09.